The molecule has 4 amide bonds. The van der Waals surface area contributed by atoms with Crippen LogP contribution in [0.5, 0.6) is 0 Å². The van der Waals surface area contributed by atoms with Crippen molar-refractivity contribution in [3.63, 3.8) is 0 Å². The lowest BCUT2D eigenvalue weighted by molar-refractivity contribution is -0.140. The minimum absolute atomic E-state index is 0.110. The number of ether oxygens (including phenoxy) is 1. The molecule has 1 saturated heterocycles. The summed E-state index contributed by atoms with van der Waals surface area (Å²) < 4.78 is 5.30. The van der Waals surface area contributed by atoms with Gasteiger partial charge in [-0.2, -0.15) is 0 Å². The Morgan fingerprint density at radius 2 is 1.74 bits per heavy atom. The first kappa shape index (κ1) is 26.8. The van der Waals surface area contributed by atoms with Crippen LogP contribution in [0.2, 0.25) is 0 Å². The molecular formula is C24H35N5O5. The Labute approximate surface area is 200 Å². The number of imide groups is 1. The number of amidine groups is 1. The van der Waals surface area contributed by atoms with Gasteiger partial charge < -0.3 is 20.7 Å². The highest BCUT2D eigenvalue weighted by Crippen LogP contribution is 2.21. The highest BCUT2D eigenvalue weighted by Gasteiger charge is 2.38. The van der Waals surface area contributed by atoms with Crippen LogP contribution in [-0.4, -0.2) is 58.8 Å². The maximum absolute atomic E-state index is 13.3. The summed E-state index contributed by atoms with van der Waals surface area (Å²) in [5, 5.41) is 12.4. The van der Waals surface area contributed by atoms with Crippen molar-refractivity contribution in [3.8, 4) is 0 Å². The summed E-state index contributed by atoms with van der Waals surface area (Å²) in [7, 11) is 0. The molecule has 1 aromatic rings. The van der Waals surface area contributed by atoms with E-state index in [2.05, 4.69) is 10.6 Å². The number of nitrogens with one attached hydrogen (secondary N) is 3. The van der Waals surface area contributed by atoms with E-state index in [1.165, 1.54) is 29.2 Å². The fourth-order valence-corrected chi connectivity index (χ4v) is 3.71. The molecule has 0 saturated carbocycles. The van der Waals surface area contributed by atoms with E-state index in [9.17, 15) is 19.2 Å². The van der Waals surface area contributed by atoms with Crippen molar-refractivity contribution in [2.24, 2.45) is 11.7 Å². The molecule has 0 unspecified atom stereocenters. The first-order chi connectivity index (χ1) is 15.8. The molecule has 10 nitrogen and oxygen atoms in total. The van der Waals surface area contributed by atoms with Crippen molar-refractivity contribution < 1.29 is 23.9 Å². The van der Waals surface area contributed by atoms with Crippen LogP contribution in [0.15, 0.2) is 24.3 Å². The molecule has 0 bridgehead atoms. The van der Waals surface area contributed by atoms with Gasteiger partial charge in [-0.25, -0.2) is 4.79 Å². The van der Waals surface area contributed by atoms with Gasteiger partial charge in [-0.15, -0.1) is 0 Å². The zero-order valence-electron chi connectivity index (χ0n) is 20.4. The molecule has 34 heavy (non-hydrogen) atoms. The largest absolute Gasteiger partial charge is 0.444 e. The molecule has 1 fully saturated rings. The molecular weight excluding hydrogens is 438 g/mol. The first-order valence-electron chi connectivity index (χ1n) is 11.4. The molecule has 0 spiro atoms. The number of hydrogen-bond donors (Lipinski definition) is 4. The summed E-state index contributed by atoms with van der Waals surface area (Å²) >= 11 is 0. The summed E-state index contributed by atoms with van der Waals surface area (Å²) in [5.74, 6) is -1.58. The van der Waals surface area contributed by atoms with E-state index in [1.54, 1.807) is 20.8 Å². The fourth-order valence-electron chi connectivity index (χ4n) is 3.71. The second-order valence-electron chi connectivity index (χ2n) is 9.83. The van der Waals surface area contributed by atoms with Crippen LogP contribution >= 0.6 is 0 Å². The predicted molar refractivity (Wildman–Crippen MR) is 127 cm³/mol. The number of carbonyl (C=O) groups excluding carboxylic acids is 4. The maximum Gasteiger partial charge on any atom is 0.408 e. The third kappa shape index (κ3) is 7.57. The molecule has 2 rings (SSSR count). The summed E-state index contributed by atoms with van der Waals surface area (Å²) in [5.41, 5.74) is 5.40. The van der Waals surface area contributed by atoms with E-state index < -0.39 is 35.6 Å². The number of benzene rings is 1. The van der Waals surface area contributed by atoms with E-state index in [1.807, 2.05) is 13.8 Å². The second-order valence-corrected chi connectivity index (χ2v) is 9.83. The van der Waals surface area contributed by atoms with Crippen LogP contribution < -0.4 is 16.4 Å². The number of nitrogen functional groups attached to an aromatic ring is 1. The van der Waals surface area contributed by atoms with Crippen molar-refractivity contribution >= 4 is 29.7 Å². The van der Waals surface area contributed by atoms with Gasteiger partial charge in [0.2, 0.25) is 11.8 Å². The molecule has 1 heterocycles. The van der Waals surface area contributed by atoms with Gasteiger partial charge in [0.15, 0.2) is 0 Å². The van der Waals surface area contributed by atoms with Gasteiger partial charge in [0.1, 0.15) is 23.5 Å². The average molecular weight is 474 g/mol. The van der Waals surface area contributed by atoms with Crippen molar-refractivity contribution in [2.45, 2.75) is 71.6 Å². The molecule has 0 aromatic heterocycles. The topological polar surface area (TPSA) is 155 Å². The Balaban J connectivity index is 2.10. The molecule has 1 aliphatic heterocycles. The molecule has 2 atom stereocenters. The zero-order chi connectivity index (χ0) is 25.6. The minimum Gasteiger partial charge on any atom is -0.444 e. The second kappa shape index (κ2) is 11.1. The van der Waals surface area contributed by atoms with E-state index in [4.69, 9.17) is 15.9 Å². The van der Waals surface area contributed by atoms with Gasteiger partial charge in [-0.3, -0.25) is 25.1 Å². The molecule has 0 radical (unpaired) electrons. The van der Waals surface area contributed by atoms with Crippen LogP contribution in [0, 0.1) is 11.3 Å². The standard InChI is InChI=1S/C24H35N5O5/c1-14(2)13-17(27-23(33)34-24(3,4)5)22(32)29-12-6-7-18(29)21(31)28-20(30)16-10-8-15(9-11-16)19(25)26/h8-11,14,17-18H,6-7,12-13H2,1-5H3,(H3,25,26)(H,27,33)(H,28,30,31)/t17-,18+/m1/s1. The Kier molecular flexibility index (Phi) is 8.78. The van der Waals surface area contributed by atoms with Crippen LogP contribution in [0.3, 0.4) is 0 Å². The molecule has 1 aromatic carbocycles. The van der Waals surface area contributed by atoms with Gasteiger partial charge in [-0.1, -0.05) is 26.0 Å². The van der Waals surface area contributed by atoms with Crippen molar-refractivity contribution in [3.05, 3.63) is 35.4 Å². The van der Waals surface area contributed by atoms with E-state index in [0.29, 0.717) is 31.4 Å². The number of amides is 4. The van der Waals surface area contributed by atoms with E-state index in [0.717, 1.165) is 0 Å². The Hall–Kier alpha value is -3.43. The maximum atomic E-state index is 13.3. The van der Waals surface area contributed by atoms with Crippen LogP contribution in [0.4, 0.5) is 4.79 Å². The van der Waals surface area contributed by atoms with Crippen molar-refractivity contribution in [2.75, 3.05) is 6.54 Å². The third-order valence-corrected chi connectivity index (χ3v) is 5.23. The van der Waals surface area contributed by atoms with Crippen LogP contribution in [-0.2, 0) is 14.3 Å². The van der Waals surface area contributed by atoms with Crippen LogP contribution in [0.25, 0.3) is 0 Å². The number of hydrogen-bond acceptors (Lipinski definition) is 6. The van der Waals surface area contributed by atoms with Gasteiger partial charge in [-0.05, 0) is 58.1 Å². The Bertz CT molecular complexity index is 936. The number of likely N-dealkylation sites (tertiary alicyclic amines) is 1. The number of nitrogens with zero attached hydrogens (tertiary/aromatic N) is 1. The lowest BCUT2D eigenvalue weighted by Crippen LogP contribution is -2.54. The van der Waals surface area contributed by atoms with Crippen LogP contribution in [0.1, 0.15) is 69.8 Å². The molecule has 5 N–H and O–H groups in total. The van der Waals surface area contributed by atoms with E-state index in [-0.39, 0.29) is 23.2 Å². The number of rotatable bonds is 7. The molecule has 0 aliphatic carbocycles. The van der Waals surface area contributed by atoms with Gasteiger partial charge in [0.05, 0.1) is 0 Å². The number of carbonyl (C=O) groups is 4. The zero-order valence-corrected chi connectivity index (χ0v) is 20.4. The lowest BCUT2D eigenvalue weighted by atomic mass is 10.0. The predicted octanol–water partition coefficient (Wildman–Crippen LogP) is 2.16. The molecule has 1 aliphatic rings. The molecule has 186 valence electrons. The number of alkyl carbamates (subject to hydrolysis) is 1. The van der Waals surface area contributed by atoms with Gasteiger partial charge in [0, 0.05) is 17.7 Å². The highest BCUT2D eigenvalue weighted by molar-refractivity contribution is 6.07. The van der Waals surface area contributed by atoms with Gasteiger partial charge >= 0.3 is 6.09 Å². The summed E-state index contributed by atoms with van der Waals surface area (Å²) in [4.78, 5) is 52.5. The van der Waals surface area contributed by atoms with Crippen molar-refractivity contribution in [1.29, 1.82) is 5.41 Å². The monoisotopic (exact) mass is 473 g/mol. The Morgan fingerprint density at radius 1 is 1.15 bits per heavy atom. The first-order valence-corrected chi connectivity index (χ1v) is 11.4. The summed E-state index contributed by atoms with van der Waals surface area (Å²) in [6, 6.07) is 4.32. The highest BCUT2D eigenvalue weighted by atomic mass is 16.6. The average Bonchev–Trinajstić information content (AvgIpc) is 3.21. The van der Waals surface area contributed by atoms with Crippen molar-refractivity contribution in [1.82, 2.24) is 15.5 Å². The molecule has 10 heteroatoms. The van der Waals surface area contributed by atoms with Gasteiger partial charge in [0.25, 0.3) is 5.91 Å². The fraction of sp³-hybridized carbons (Fsp3) is 0.542. The SMILES string of the molecule is CC(C)C[C@@H](NC(=O)OC(C)(C)C)C(=O)N1CCC[C@H]1C(=O)NC(=O)c1ccc(C(=N)N)cc1. The lowest BCUT2D eigenvalue weighted by Gasteiger charge is -2.30. The minimum atomic E-state index is -0.849. The normalized spacial score (nSPS) is 16.6. The quantitative estimate of drug-likeness (QED) is 0.270. The summed E-state index contributed by atoms with van der Waals surface area (Å²) in [6.45, 7) is 9.41. The van der Waals surface area contributed by atoms with E-state index >= 15 is 0 Å². The number of nitrogens with two attached hydrogens (primary N) is 1. The smallest absolute Gasteiger partial charge is 0.408 e. The third-order valence-electron chi connectivity index (χ3n) is 5.23. The summed E-state index contributed by atoms with van der Waals surface area (Å²) in [6.07, 6.45) is 0.696. The Morgan fingerprint density at radius 3 is 2.26 bits per heavy atom.